The van der Waals surface area contributed by atoms with E-state index in [0.717, 1.165) is 0 Å². The molecule has 2 heteroatoms. The summed E-state index contributed by atoms with van der Waals surface area (Å²) < 4.78 is 2.30. The molecular weight excluding hydrogens is 249 g/mol. The summed E-state index contributed by atoms with van der Waals surface area (Å²) in [4.78, 5) is 0. The van der Waals surface area contributed by atoms with E-state index in [1.165, 1.54) is 30.6 Å². The van der Waals surface area contributed by atoms with Crippen LogP contribution in [0.1, 0.15) is 12.0 Å². The number of benzene rings is 1. The average molecular weight is 259 g/mol. The van der Waals surface area contributed by atoms with E-state index in [4.69, 9.17) is 0 Å². The smallest absolute Gasteiger partial charge is 0.0591 e. The fourth-order valence-corrected chi connectivity index (χ4v) is 2.30. The van der Waals surface area contributed by atoms with E-state index in [1.807, 2.05) is 0 Å². The van der Waals surface area contributed by atoms with Crippen molar-refractivity contribution in [3.05, 3.63) is 29.8 Å². The van der Waals surface area contributed by atoms with Crippen LogP contribution >= 0.6 is 22.9 Å². The molecule has 1 heterocycles. The molecule has 0 fully saturated rings. The van der Waals surface area contributed by atoms with Gasteiger partial charge in [-0.2, -0.15) is 0 Å². The molecule has 58 valence electrons. The van der Waals surface area contributed by atoms with Crippen LogP contribution in [0, 0.1) is 0 Å². The number of hydrogen-bond acceptors (Lipinski definition) is 1. The van der Waals surface area contributed by atoms with Gasteiger partial charge in [-0.15, -0.1) is 0 Å². The molecule has 11 heavy (non-hydrogen) atoms. The summed E-state index contributed by atoms with van der Waals surface area (Å²) in [6.45, 7) is 1.19. The fraction of sp³-hybridized carbons (Fsp3) is 0.333. The molecule has 0 unspecified atom stereocenters. The lowest BCUT2D eigenvalue weighted by Crippen LogP contribution is -2.18. The van der Waals surface area contributed by atoms with Gasteiger partial charge in [0.2, 0.25) is 0 Å². The molecule has 0 aromatic heterocycles. The summed E-state index contributed by atoms with van der Waals surface area (Å²) >= 11 is 2.38. The van der Waals surface area contributed by atoms with E-state index >= 15 is 0 Å². The first-order chi connectivity index (χ1) is 5.38. The monoisotopic (exact) mass is 259 g/mol. The van der Waals surface area contributed by atoms with Gasteiger partial charge in [-0.1, -0.05) is 18.2 Å². The second kappa shape index (κ2) is 3.01. The van der Waals surface area contributed by atoms with Crippen molar-refractivity contribution >= 4 is 28.6 Å². The maximum absolute atomic E-state index is 2.38. The van der Waals surface area contributed by atoms with Gasteiger partial charge in [0.25, 0.3) is 0 Å². The van der Waals surface area contributed by atoms with Crippen LogP contribution in [0.15, 0.2) is 24.3 Å². The molecule has 2 rings (SSSR count). The SMILES string of the molecule is IN1CCCc2ccccc21. The van der Waals surface area contributed by atoms with Crippen LogP contribution in [0.25, 0.3) is 0 Å². The summed E-state index contributed by atoms with van der Waals surface area (Å²) in [5.41, 5.74) is 2.90. The van der Waals surface area contributed by atoms with Crippen molar-refractivity contribution in [3.63, 3.8) is 0 Å². The molecule has 1 aromatic rings. The normalized spacial score (nSPS) is 16.3. The lowest BCUT2D eigenvalue weighted by molar-refractivity contribution is 0.806. The van der Waals surface area contributed by atoms with Crippen molar-refractivity contribution in [2.24, 2.45) is 0 Å². The first-order valence-corrected chi connectivity index (χ1v) is 4.85. The van der Waals surface area contributed by atoms with Crippen molar-refractivity contribution in [1.82, 2.24) is 0 Å². The molecule has 0 atom stereocenters. The van der Waals surface area contributed by atoms with Gasteiger partial charge in [0, 0.05) is 12.2 Å². The quantitative estimate of drug-likeness (QED) is 0.511. The second-order valence-electron chi connectivity index (χ2n) is 2.82. The third kappa shape index (κ3) is 1.36. The Bertz CT molecular complexity index is 259. The zero-order valence-corrected chi connectivity index (χ0v) is 8.41. The predicted octanol–water partition coefficient (Wildman–Crippen LogP) is 2.79. The molecule has 0 saturated heterocycles. The molecule has 1 aliphatic rings. The number of nitrogens with zero attached hydrogens (tertiary/aromatic N) is 1. The van der Waals surface area contributed by atoms with E-state index < -0.39 is 0 Å². The molecule has 0 bridgehead atoms. The third-order valence-electron chi connectivity index (χ3n) is 2.05. The molecular formula is C9H10IN. The lowest BCUT2D eigenvalue weighted by atomic mass is 10.0. The Balaban J connectivity index is 2.44. The van der Waals surface area contributed by atoms with Crippen LogP contribution < -0.4 is 3.11 Å². The minimum atomic E-state index is 1.19. The van der Waals surface area contributed by atoms with E-state index in [1.54, 1.807) is 0 Å². The molecule has 0 saturated carbocycles. The van der Waals surface area contributed by atoms with Gasteiger partial charge < -0.3 is 3.11 Å². The third-order valence-corrected chi connectivity index (χ3v) is 3.06. The number of rotatable bonds is 0. The van der Waals surface area contributed by atoms with Gasteiger partial charge in [-0.05, 0) is 24.5 Å². The average Bonchev–Trinajstić information content (AvgIpc) is 2.06. The van der Waals surface area contributed by atoms with Crippen molar-refractivity contribution in [3.8, 4) is 0 Å². The maximum Gasteiger partial charge on any atom is 0.0591 e. The Labute approximate surface area is 80.9 Å². The Kier molecular flexibility index (Phi) is 2.02. The van der Waals surface area contributed by atoms with E-state index in [-0.39, 0.29) is 0 Å². The van der Waals surface area contributed by atoms with Crippen LogP contribution in [-0.4, -0.2) is 6.54 Å². The Morgan fingerprint density at radius 2 is 2.09 bits per heavy atom. The van der Waals surface area contributed by atoms with Crippen LogP contribution in [0.4, 0.5) is 5.69 Å². The van der Waals surface area contributed by atoms with Crippen molar-refractivity contribution in [1.29, 1.82) is 0 Å². The maximum atomic E-state index is 2.38. The molecule has 0 amide bonds. The van der Waals surface area contributed by atoms with E-state index in [9.17, 15) is 0 Å². The fourth-order valence-electron chi connectivity index (χ4n) is 1.49. The van der Waals surface area contributed by atoms with Gasteiger partial charge >= 0.3 is 0 Å². The summed E-state index contributed by atoms with van der Waals surface area (Å²) in [5.74, 6) is 0. The minimum absolute atomic E-state index is 1.19. The minimum Gasteiger partial charge on any atom is -0.315 e. The number of anilines is 1. The Hall–Kier alpha value is -0.250. The Morgan fingerprint density at radius 1 is 1.27 bits per heavy atom. The highest BCUT2D eigenvalue weighted by Gasteiger charge is 2.12. The molecule has 0 N–H and O–H groups in total. The van der Waals surface area contributed by atoms with Crippen LogP contribution in [0.2, 0.25) is 0 Å². The highest BCUT2D eigenvalue weighted by atomic mass is 127. The first kappa shape index (κ1) is 7.40. The highest BCUT2D eigenvalue weighted by molar-refractivity contribution is 14.1. The van der Waals surface area contributed by atoms with E-state index in [2.05, 4.69) is 50.2 Å². The molecule has 0 radical (unpaired) electrons. The standard InChI is InChI=1S/C9H10IN/c10-11-7-3-5-8-4-1-2-6-9(8)11/h1-2,4,6H,3,5,7H2. The number of fused-ring (bicyclic) bond motifs is 1. The van der Waals surface area contributed by atoms with Gasteiger partial charge in [0.05, 0.1) is 22.9 Å². The molecule has 1 aliphatic heterocycles. The largest absolute Gasteiger partial charge is 0.315 e. The van der Waals surface area contributed by atoms with Gasteiger partial charge in [-0.25, -0.2) is 0 Å². The number of para-hydroxylation sites is 1. The van der Waals surface area contributed by atoms with E-state index in [0.29, 0.717) is 0 Å². The summed E-state index contributed by atoms with van der Waals surface area (Å²) in [6, 6.07) is 8.64. The Morgan fingerprint density at radius 3 is 2.91 bits per heavy atom. The number of aryl methyl sites for hydroxylation is 1. The van der Waals surface area contributed by atoms with Crippen LogP contribution in [0.3, 0.4) is 0 Å². The highest BCUT2D eigenvalue weighted by Crippen LogP contribution is 2.28. The zero-order valence-electron chi connectivity index (χ0n) is 6.26. The summed E-state index contributed by atoms with van der Waals surface area (Å²) in [6.07, 6.45) is 2.54. The second-order valence-corrected chi connectivity index (χ2v) is 3.98. The molecule has 1 nitrogen and oxygen atoms in total. The molecule has 0 aliphatic carbocycles. The van der Waals surface area contributed by atoms with Crippen molar-refractivity contribution in [2.45, 2.75) is 12.8 Å². The number of hydrogen-bond donors (Lipinski definition) is 0. The molecule has 1 aromatic carbocycles. The van der Waals surface area contributed by atoms with Crippen LogP contribution in [0.5, 0.6) is 0 Å². The van der Waals surface area contributed by atoms with Crippen molar-refractivity contribution in [2.75, 3.05) is 9.66 Å². The van der Waals surface area contributed by atoms with Crippen LogP contribution in [-0.2, 0) is 6.42 Å². The first-order valence-electron chi connectivity index (χ1n) is 3.89. The van der Waals surface area contributed by atoms with Gasteiger partial charge in [-0.3, -0.25) is 0 Å². The molecule has 0 spiro atoms. The predicted molar refractivity (Wildman–Crippen MR) is 56.1 cm³/mol. The summed E-state index contributed by atoms with van der Waals surface area (Å²) in [7, 11) is 0. The lowest BCUT2D eigenvalue weighted by Gasteiger charge is -2.24. The zero-order chi connectivity index (χ0) is 7.68. The summed E-state index contributed by atoms with van der Waals surface area (Å²) in [5, 5.41) is 0. The van der Waals surface area contributed by atoms with Crippen molar-refractivity contribution < 1.29 is 0 Å². The van der Waals surface area contributed by atoms with Gasteiger partial charge in [0.1, 0.15) is 0 Å². The van der Waals surface area contributed by atoms with Gasteiger partial charge in [0.15, 0.2) is 0 Å². The topological polar surface area (TPSA) is 3.24 Å². The number of halogens is 1.